The molecule has 1 aromatic carbocycles. The Morgan fingerprint density at radius 3 is 2.57 bits per heavy atom. The van der Waals surface area contributed by atoms with Gasteiger partial charge in [-0.1, -0.05) is 6.07 Å². The van der Waals surface area contributed by atoms with Crippen LogP contribution in [0.5, 0.6) is 5.75 Å². The number of fused-ring (bicyclic) bond motifs is 2. The second kappa shape index (κ2) is 5.78. The molecule has 2 fully saturated rings. The third-order valence-electron chi connectivity index (χ3n) is 4.88. The summed E-state index contributed by atoms with van der Waals surface area (Å²) in [6.45, 7) is 3.48. The fourth-order valence-electron chi connectivity index (χ4n) is 3.53. The van der Waals surface area contributed by atoms with Crippen LogP contribution in [-0.2, 0) is 4.74 Å². The van der Waals surface area contributed by atoms with Gasteiger partial charge in [0.15, 0.2) is 5.78 Å². The van der Waals surface area contributed by atoms with Gasteiger partial charge in [-0.25, -0.2) is 0 Å². The predicted octanol–water partition coefficient (Wildman–Crippen LogP) is 2.30. The first-order valence-corrected chi connectivity index (χ1v) is 7.58. The molecular weight excluding hydrogens is 266 g/mol. The second-order valence-corrected chi connectivity index (χ2v) is 6.25. The van der Waals surface area contributed by atoms with E-state index in [9.17, 15) is 4.79 Å². The van der Waals surface area contributed by atoms with E-state index in [0.717, 1.165) is 37.2 Å². The molecular formula is C17H23NO3. The van der Waals surface area contributed by atoms with Gasteiger partial charge >= 0.3 is 0 Å². The van der Waals surface area contributed by atoms with Crippen molar-refractivity contribution in [3.05, 3.63) is 29.3 Å². The Balaban J connectivity index is 1.83. The Kier molecular flexibility index (Phi) is 4.00. The molecule has 21 heavy (non-hydrogen) atoms. The molecule has 0 amide bonds. The van der Waals surface area contributed by atoms with Crippen LogP contribution in [0.1, 0.15) is 28.8 Å². The molecule has 0 radical (unpaired) electrons. The quantitative estimate of drug-likeness (QED) is 0.800. The van der Waals surface area contributed by atoms with Crippen molar-refractivity contribution in [2.75, 3.05) is 27.4 Å². The molecule has 2 unspecified atom stereocenters. The fraction of sp³-hybridized carbons (Fsp3) is 0.588. The van der Waals surface area contributed by atoms with Gasteiger partial charge in [0.05, 0.1) is 25.9 Å². The van der Waals surface area contributed by atoms with Crippen molar-refractivity contribution in [3.8, 4) is 5.75 Å². The fourth-order valence-corrected chi connectivity index (χ4v) is 3.53. The summed E-state index contributed by atoms with van der Waals surface area (Å²) in [6, 6.07) is 6.55. The highest BCUT2D eigenvalue weighted by Gasteiger charge is 2.40. The average Bonchev–Trinajstić information content (AvgIpc) is 2.46. The number of ether oxygens (including phenoxy) is 2. The van der Waals surface area contributed by atoms with Crippen molar-refractivity contribution >= 4 is 5.78 Å². The summed E-state index contributed by atoms with van der Waals surface area (Å²) < 4.78 is 11.0. The molecule has 0 aliphatic carbocycles. The van der Waals surface area contributed by atoms with E-state index < -0.39 is 0 Å². The van der Waals surface area contributed by atoms with Gasteiger partial charge in [-0.2, -0.15) is 0 Å². The molecule has 1 aromatic rings. The van der Waals surface area contributed by atoms with Gasteiger partial charge in [0.25, 0.3) is 0 Å². The van der Waals surface area contributed by atoms with Crippen LogP contribution in [0.15, 0.2) is 18.2 Å². The molecule has 2 heterocycles. The van der Waals surface area contributed by atoms with E-state index in [4.69, 9.17) is 9.47 Å². The topological polar surface area (TPSA) is 38.8 Å². The van der Waals surface area contributed by atoms with Crippen molar-refractivity contribution in [1.82, 2.24) is 4.90 Å². The first-order valence-electron chi connectivity index (χ1n) is 7.58. The zero-order valence-corrected chi connectivity index (χ0v) is 13.0. The van der Waals surface area contributed by atoms with Gasteiger partial charge in [-0.05, 0) is 44.5 Å². The Labute approximate surface area is 126 Å². The van der Waals surface area contributed by atoms with Gasteiger partial charge in [-0.3, -0.25) is 9.69 Å². The standard InChI is InChI=1S/C17H23NO3/c1-11-4-5-15(16(6-11)20-3)17(19)12-7-13-9-21-10-14(8-12)18(13)2/h4-6,12-14H,7-10H2,1-3H3. The number of rotatable bonds is 3. The van der Waals surface area contributed by atoms with Crippen molar-refractivity contribution in [1.29, 1.82) is 0 Å². The highest BCUT2D eigenvalue weighted by atomic mass is 16.5. The molecule has 2 atom stereocenters. The van der Waals surface area contributed by atoms with E-state index in [-0.39, 0.29) is 11.7 Å². The smallest absolute Gasteiger partial charge is 0.169 e. The number of morpholine rings is 1. The van der Waals surface area contributed by atoms with Crippen LogP contribution >= 0.6 is 0 Å². The minimum absolute atomic E-state index is 0.0803. The number of likely N-dealkylation sites (N-methyl/N-ethyl adjacent to an activating group) is 1. The van der Waals surface area contributed by atoms with Gasteiger partial charge in [0.2, 0.25) is 0 Å². The molecule has 0 saturated carbocycles. The molecule has 2 aliphatic rings. The summed E-state index contributed by atoms with van der Waals surface area (Å²) in [5.74, 6) is 0.994. The summed E-state index contributed by atoms with van der Waals surface area (Å²) in [5.41, 5.74) is 1.83. The number of methoxy groups -OCH3 is 1. The molecule has 4 nitrogen and oxygen atoms in total. The number of hydrogen-bond donors (Lipinski definition) is 0. The highest BCUT2D eigenvalue weighted by molar-refractivity contribution is 6.00. The van der Waals surface area contributed by atoms with E-state index in [0.29, 0.717) is 17.8 Å². The third kappa shape index (κ3) is 2.70. The Morgan fingerprint density at radius 1 is 1.29 bits per heavy atom. The predicted molar refractivity (Wildman–Crippen MR) is 80.9 cm³/mol. The molecule has 4 heteroatoms. The first kappa shape index (κ1) is 14.5. The van der Waals surface area contributed by atoms with Crippen LogP contribution in [0.2, 0.25) is 0 Å². The number of Topliss-reactive ketones (excluding diaryl/α,β-unsaturated/α-hetero) is 1. The number of nitrogens with zero attached hydrogens (tertiary/aromatic N) is 1. The van der Waals surface area contributed by atoms with Crippen LogP contribution in [-0.4, -0.2) is 50.1 Å². The average molecular weight is 289 g/mol. The summed E-state index contributed by atoms with van der Waals surface area (Å²) in [6.07, 6.45) is 1.76. The number of carbonyl (C=O) groups is 1. The SMILES string of the molecule is COc1cc(C)ccc1C(=O)C1CC2COCC(C1)N2C. The lowest BCUT2D eigenvalue weighted by molar-refractivity contribution is -0.0702. The summed E-state index contributed by atoms with van der Waals surface area (Å²) in [4.78, 5) is 15.3. The van der Waals surface area contributed by atoms with Crippen molar-refractivity contribution in [2.45, 2.75) is 31.8 Å². The molecule has 0 aromatic heterocycles. The minimum Gasteiger partial charge on any atom is -0.496 e. The van der Waals surface area contributed by atoms with Crippen LogP contribution in [0.4, 0.5) is 0 Å². The van der Waals surface area contributed by atoms with Crippen molar-refractivity contribution in [2.24, 2.45) is 5.92 Å². The molecule has 3 rings (SSSR count). The van der Waals surface area contributed by atoms with E-state index in [2.05, 4.69) is 11.9 Å². The number of benzene rings is 1. The van der Waals surface area contributed by atoms with Crippen LogP contribution in [0, 0.1) is 12.8 Å². The Morgan fingerprint density at radius 2 is 1.95 bits per heavy atom. The minimum atomic E-state index is 0.0803. The molecule has 114 valence electrons. The first-order chi connectivity index (χ1) is 10.1. The highest BCUT2D eigenvalue weighted by Crippen LogP contribution is 2.34. The lowest BCUT2D eigenvalue weighted by Crippen LogP contribution is -2.55. The normalized spacial score (nSPS) is 29.2. The number of carbonyl (C=O) groups excluding carboxylic acids is 1. The van der Waals surface area contributed by atoms with Gasteiger partial charge in [0.1, 0.15) is 5.75 Å². The van der Waals surface area contributed by atoms with E-state index in [1.807, 2.05) is 25.1 Å². The maximum absolute atomic E-state index is 12.9. The Hall–Kier alpha value is -1.39. The van der Waals surface area contributed by atoms with Gasteiger partial charge in [-0.15, -0.1) is 0 Å². The van der Waals surface area contributed by atoms with Crippen molar-refractivity contribution in [3.63, 3.8) is 0 Å². The monoisotopic (exact) mass is 289 g/mol. The van der Waals surface area contributed by atoms with E-state index in [1.54, 1.807) is 7.11 Å². The molecule has 2 saturated heterocycles. The zero-order valence-electron chi connectivity index (χ0n) is 13.0. The lowest BCUT2D eigenvalue weighted by atomic mass is 9.80. The van der Waals surface area contributed by atoms with Crippen LogP contribution in [0.25, 0.3) is 0 Å². The molecule has 2 bridgehead atoms. The van der Waals surface area contributed by atoms with Gasteiger partial charge in [0, 0.05) is 18.0 Å². The number of aryl methyl sites for hydroxylation is 1. The second-order valence-electron chi connectivity index (χ2n) is 6.25. The molecule has 0 spiro atoms. The largest absolute Gasteiger partial charge is 0.496 e. The number of piperidine rings is 1. The maximum Gasteiger partial charge on any atom is 0.169 e. The van der Waals surface area contributed by atoms with Crippen LogP contribution < -0.4 is 4.74 Å². The summed E-state index contributed by atoms with van der Waals surface area (Å²) >= 11 is 0. The van der Waals surface area contributed by atoms with Crippen molar-refractivity contribution < 1.29 is 14.3 Å². The Bertz CT molecular complexity index is 529. The van der Waals surface area contributed by atoms with E-state index in [1.165, 1.54) is 0 Å². The number of hydrogen-bond acceptors (Lipinski definition) is 4. The van der Waals surface area contributed by atoms with E-state index >= 15 is 0 Å². The maximum atomic E-state index is 12.9. The van der Waals surface area contributed by atoms with Crippen LogP contribution in [0.3, 0.4) is 0 Å². The van der Waals surface area contributed by atoms with Gasteiger partial charge < -0.3 is 9.47 Å². The molecule has 2 aliphatic heterocycles. The third-order valence-corrected chi connectivity index (χ3v) is 4.88. The zero-order chi connectivity index (χ0) is 15.0. The number of ketones is 1. The molecule has 0 N–H and O–H groups in total. The summed E-state index contributed by atoms with van der Waals surface area (Å²) in [7, 11) is 3.77. The summed E-state index contributed by atoms with van der Waals surface area (Å²) in [5, 5.41) is 0. The lowest BCUT2D eigenvalue weighted by Gasteiger charge is -2.46.